The lowest BCUT2D eigenvalue weighted by Crippen LogP contribution is -2.14. The number of nitrogens with one attached hydrogen (secondary N) is 1. The molecule has 0 aliphatic carbocycles. The Morgan fingerprint density at radius 3 is 2.62 bits per heavy atom. The van der Waals surface area contributed by atoms with Gasteiger partial charge in [0.15, 0.2) is 0 Å². The van der Waals surface area contributed by atoms with Gasteiger partial charge in [0.05, 0.1) is 11.8 Å². The van der Waals surface area contributed by atoms with Crippen LogP contribution in [0.4, 0.5) is 5.69 Å². The van der Waals surface area contributed by atoms with Gasteiger partial charge in [-0.3, -0.25) is 9.78 Å². The predicted molar refractivity (Wildman–Crippen MR) is 104 cm³/mol. The first-order valence-corrected chi connectivity index (χ1v) is 8.55. The average molecular weight is 346 g/mol. The summed E-state index contributed by atoms with van der Waals surface area (Å²) in [5.74, 6) is -0.137. The molecule has 26 heavy (non-hydrogen) atoms. The number of nitrogens with zero attached hydrogens (tertiary/aromatic N) is 1. The highest BCUT2D eigenvalue weighted by Gasteiger charge is 2.14. The highest BCUT2D eigenvalue weighted by atomic mass is 16.5. The second kappa shape index (κ2) is 7.93. The number of carbonyl (C=O) groups excluding carboxylic acids is 1. The maximum Gasteiger partial charge on any atom is 0.255 e. The molecule has 0 fully saturated rings. The number of amides is 1. The van der Waals surface area contributed by atoms with Crippen LogP contribution in [-0.4, -0.2) is 18.0 Å². The Kier molecular flexibility index (Phi) is 5.44. The third-order valence-corrected chi connectivity index (χ3v) is 4.49. The van der Waals surface area contributed by atoms with E-state index < -0.39 is 0 Å². The van der Waals surface area contributed by atoms with Gasteiger partial charge >= 0.3 is 0 Å². The third-order valence-electron chi connectivity index (χ3n) is 4.49. The van der Waals surface area contributed by atoms with E-state index in [4.69, 9.17) is 4.74 Å². The summed E-state index contributed by atoms with van der Waals surface area (Å²) < 4.78 is 5.35. The minimum atomic E-state index is -0.137. The normalized spacial score (nSPS) is 11.8. The first-order valence-electron chi connectivity index (χ1n) is 8.55. The molecule has 1 aromatic heterocycles. The number of hydrogen-bond acceptors (Lipinski definition) is 3. The molecule has 4 nitrogen and oxygen atoms in total. The molecule has 132 valence electrons. The Hall–Kier alpha value is -2.98. The molecule has 1 atom stereocenters. The van der Waals surface area contributed by atoms with Gasteiger partial charge < -0.3 is 10.1 Å². The zero-order valence-corrected chi connectivity index (χ0v) is 15.2. The number of ether oxygens (including phenoxy) is 1. The summed E-state index contributed by atoms with van der Waals surface area (Å²) >= 11 is 0. The maximum atomic E-state index is 12.8. The fourth-order valence-corrected chi connectivity index (χ4v) is 2.88. The maximum absolute atomic E-state index is 12.8. The van der Waals surface area contributed by atoms with Crippen molar-refractivity contribution >= 4 is 11.6 Å². The number of aromatic nitrogens is 1. The number of methoxy groups -OCH3 is 1. The van der Waals surface area contributed by atoms with Gasteiger partial charge in [0.2, 0.25) is 0 Å². The van der Waals surface area contributed by atoms with Crippen LogP contribution in [0.25, 0.3) is 11.3 Å². The molecule has 0 saturated heterocycles. The Morgan fingerprint density at radius 1 is 1.08 bits per heavy atom. The van der Waals surface area contributed by atoms with E-state index in [1.807, 2.05) is 74.5 Å². The van der Waals surface area contributed by atoms with Crippen LogP contribution in [0.5, 0.6) is 0 Å². The lowest BCUT2D eigenvalue weighted by molar-refractivity contribution is 0.102. The van der Waals surface area contributed by atoms with E-state index >= 15 is 0 Å². The van der Waals surface area contributed by atoms with E-state index in [1.54, 1.807) is 13.3 Å². The molecule has 0 aliphatic rings. The van der Waals surface area contributed by atoms with Crippen molar-refractivity contribution in [3.8, 4) is 11.3 Å². The molecule has 1 unspecified atom stereocenters. The van der Waals surface area contributed by atoms with E-state index in [9.17, 15) is 4.79 Å². The Labute approximate surface area is 153 Å². The highest BCUT2D eigenvalue weighted by Crippen LogP contribution is 2.25. The van der Waals surface area contributed by atoms with E-state index in [-0.39, 0.29) is 12.0 Å². The summed E-state index contributed by atoms with van der Waals surface area (Å²) in [5, 5.41) is 2.98. The quantitative estimate of drug-likeness (QED) is 0.706. The van der Waals surface area contributed by atoms with Crippen LogP contribution in [0.3, 0.4) is 0 Å². The van der Waals surface area contributed by atoms with Crippen molar-refractivity contribution in [3.63, 3.8) is 0 Å². The topological polar surface area (TPSA) is 51.2 Å². The second-order valence-electron chi connectivity index (χ2n) is 6.15. The van der Waals surface area contributed by atoms with Crippen LogP contribution < -0.4 is 5.32 Å². The summed E-state index contributed by atoms with van der Waals surface area (Å²) in [7, 11) is 1.67. The van der Waals surface area contributed by atoms with Crippen LogP contribution >= 0.6 is 0 Å². The summed E-state index contributed by atoms with van der Waals surface area (Å²) in [4.78, 5) is 17.2. The van der Waals surface area contributed by atoms with Crippen molar-refractivity contribution in [2.24, 2.45) is 0 Å². The summed E-state index contributed by atoms with van der Waals surface area (Å²) in [6, 6.07) is 19.2. The molecular weight excluding hydrogens is 324 g/mol. The van der Waals surface area contributed by atoms with Gasteiger partial charge in [-0.1, -0.05) is 30.3 Å². The smallest absolute Gasteiger partial charge is 0.255 e. The summed E-state index contributed by atoms with van der Waals surface area (Å²) in [5.41, 5.74) is 5.13. The van der Waals surface area contributed by atoms with E-state index in [0.29, 0.717) is 5.56 Å². The molecule has 1 heterocycles. The van der Waals surface area contributed by atoms with Crippen LogP contribution in [0.15, 0.2) is 66.9 Å². The minimum Gasteiger partial charge on any atom is -0.377 e. The van der Waals surface area contributed by atoms with Gasteiger partial charge in [0.25, 0.3) is 5.91 Å². The monoisotopic (exact) mass is 346 g/mol. The summed E-state index contributed by atoms with van der Waals surface area (Å²) in [6.07, 6.45) is 1.73. The Morgan fingerprint density at radius 2 is 1.88 bits per heavy atom. The zero-order valence-electron chi connectivity index (χ0n) is 15.2. The largest absolute Gasteiger partial charge is 0.377 e. The number of carbonyl (C=O) groups is 1. The zero-order chi connectivity index (χ0) is 18.5. The van der Waals surface area contributed by atoms with Crippen molar-refractivity contribution in [3.05, 3.63) is 83.6 Å². The van der Waals surface area contributed by atoms with E-state index in [1.165, 1.54) is 0 Å². The fraction of sp³-hybridized carbons (Fsp3) is 0.182. The Balaban J connectivity index is 1.87. The molecular formula is C22H22N2O2. The average Bonchev–Trinajstić information content (AvgIpc) is 2.68. The van der Waals surface area contributed by atoms with Gasteiger partial charge in [-0.05, 0) is 55.3 Å². The molecule has 0 aliphatic heterocycles. The van der Waals surface area contributed by atoms with Crippen molar-refractivity contribution < 1.29 is 9.53 Å². The first kappa shape index (κ1) is 17.8. The van der Waals surface area contributed by atoms with Gasteiger partial charge in [0, 0.05) is 30.1 Å². The molecule has 0 bridgehead atoms. The third kappa shape index (κ3) is 3.81. The van der Waals surface area contributed by atoms with Gasteiger partial charge in [-0.2, -0.15) is 0 Å². The lowest BCUT2D eigenvalue weighted by Gasteiger charge is -2.14. The molecule has 0 spiro atoms. The number of benzene rings is 2. The number of anilines is 1. The highest BCUT2D eigenvalue weighted by molar-refractivity contribution is 6.06. The van der Waals surface area contributed by atoms with E-state index in [0.717, 1.165) is 28.1 Å². The number of rotatable bonds is 5. The lowest BCUT2D eigenvalue weighted by atomic mass is 9.99. The van der Waals surface area contributed by atoms with Gasteiger partial charge in [-0.15, -0.1) is 0 Å². The first-order chi connectivity index (χ1) is 12.6. The molecule has 4 heteroatoms. The van der Waals surface area contributed by atoms with Gasteiger partial charge in [0.1, 0.15) is 0 Å². The number of hydrogen-bond donors (Lipinski definition) is 1. The molecule has 0 radical (unpaired) electrons. The van der Waals surface area contributed by atoms with Crippen LogP contribution in [0.2, 0.25) is 0 Å². The second-order valence-corrected chi connectivity index (χ2v) is 6.15. The molecule has 0 saturated carbocycles. The standard InChI is InChI=1S/C22H22N2O2/c1-15-19(21-12-4-5-13-23-21)10-7-11-20(15)22(25)24-18-9-6-8-17(14-18)16(2)26-3/h4-14,16H,1-3H3,(H,24,25). The van der Waals surface area contributed by atoms with Gasteiger partial charge in [-0.25, -0.2) is 0 Å². The molecule has 3 aromatic rings. The molecule has 1 N–H and O–H groups in total. The fourth-order valence-electron chi connectivity index (χ4n) is 2.88. The SMILES string of the molecule is COC(C)c1cccc(NC(=O)c2cccc(-c3ccccn3)c2C)c1. The molecule has 3 rings (SSSR count). The molecule has 2 aromatic carbocycles. The van der Waals surface area contributed by atoms with Crippen LogP contribution in [0, 0.1) is 6.92 Å². The van der Waals surface area contributed by atoms with Crippen molar-refractivity contribution in [1.82, 2.24) is 4.98 Å². The van der Waals surface area contributed by atoms with Crippen molar-refractivity contribution in [2.75, 3.05) is 12.4 Å². The van der Waals surface area contributed by atoms with Crippen molar-refractivity contribution in [1.29, 1.82) is 0 Å². The van der Waals surface area contributed by atoms with Crippen molar-refractivity contribution in [2.45, 2.75) is 20.0 Å². The minimum absolute atomic E-state index is 0.0268. The number of pyridine rings is 1. The van der Waals surface area contributed by atoms with E-state index in [2.05, 4.69) is 10.3 Å². The van der Waals surface area contributed by atoms with Crippen LogP contribution in [-0.2, 0) is 4.74 Å². The molecule has 1 amide bonds. The summed E-state index contributed by atoms with van der Waals surface area (Å²) in [6.45, 7) is 3.92. The Bertz CT molecular complexity index is 907. The van der Waals surface area contributed by atoms with Crippen LogP contribution in [0.1, 0.15) is 34.5 Å². The predicted octanol–water partition coefficient (Wildman–Crippen LogP) is 5.02.